The molecule has 5 N–H and O–H groups in total. The van der Waals surface area contributed by atoms with Crippen molar-refractivity contribution in [2.75, 3.05) is 12.0 Å². The van der Waals surface area contributed by atoms with Gasteiger partial charge in [0.25, 0.3) is 0 Å². The van der Waals surface area contributed by atoms with E-state index in [0.29, 0.717) is 0 Å². The first kappa shape index (κ1) is 14.7. The fourth-order valence-corrected chi connectivity index (χ4v) is 1.83. The van der Waals surface area contributed by atoms with Crippen LogP contribution in [0.4, 0.5) is 10.5 Å². The molecule has 0 heterocycles. The number of nitrogens with one attached hydrogen (secondary N) is 3. The number of nitrogens with two attached hydrogens (primary N) is 1. The number of rotatable bonds is 8. The molecule has 0 radical (unpaired) electrons. The van der Waals surface area contributed by atoms with Crippen LogP contribution in [0.25, 0.3) is 0 Å². The van der Waals surface area contributed by atoms with Gasteiger partial charge in [-0.3, -0.25) is 4.72 Å². The second-order valence-electron chi connectivity index (χ2n) is 3.85. The molecule has 18 heavy (non-hydrogen) atoms. The monoisotopic (exact) mass is 268 g/mol. The molecule has 0 aliphatic heterocycles. The molecule has 1 aromatic carbocycles. The van der Waals surface area contributed by atoms with E-state index in [4.69, 9.17) is 5.73 Å². The Kier molecular flexibility index (Phi) is 7.05. The zero-order chi connectivity index (χ0) is 13.2. The molecule has 6 heteroatoms. The quantitative estimate of drug-likeness (QED) is 0.332. The second kappa shape index (κ2) is 8.66. The first-order valence-corrected chi connectivity index (χ1v) is 6.85. The largest absolute Gasteiger partial charge is 0.351 e. The first-order valence-electron chi connectivity index (χ1n) is 6.03. The van der Waals surface area contributed by atoms with Crippen LogP contribution in [-0.2, 0) is 0 Å². The van der Waals surface area contributed by atoms with Crippen LogP contribution in [0.1, 0.15) is 26.2 Å². The molecule has 0 spiro atoms. The third kappa shape index (κ3) is 6.36. The Morgan fingerprint density at radius 1 is 1.28 bits per heavy atom. The number of anilines is 1. The van der Waals surface area contributed by atoms with E-state index in [9.17, 15) is 4.79 Å². The van der Waals surface area contributed by atoms with E-state index in [1.165, 1.54) is 31.2 Å². The summed E-state index contributed by atoms with van der Waals surface area (Å²) in [6, 6.07) is 7.17. The Morgan fingerprint density at radius 3 is 2.61 bits per heavy atom. The highest BCUT2D eigenvalue weighted by molar-refractivity contribution is 7.98. The predicted octanol–water partition coefficient (Wildman–Crippen LogP) is 2.47. The average Bonchev–Trinajstić information content (AvgIpc) is 2.37. The van der Waals surface area contributed by atoms with Gasteiger partial charge in [-0.05, 0) is 42.6 Å². The van der Waals surface area contributed by atoms with Gasteiger partial charge in [0.05, 0.1) is 0 Å². The Labute approximate surface area is 112 Å². The lowest BCUT2D eigenvalue weighted by molar-refractivity contribution is 0.254. The van der Waals surface area contributed by atoms with Gasteiger partial charge in [-0.15, -0.1) is 0 Å². The molecule has 0 aliphatic rings. The van der Waals surface area contributed by atoms with Gasteiger partial charge >= 0.3 is 6.03 Å². The van der Waals surface area contributed by atoms with Crippen molar-refractivity contribution in [2.24, 2.45) is 5.73 Å². The zero-order valence-electron chi connectivity index (χ0n) is 10.5. The third-order valence-corrected chi connectivity index (χ3v) is 3.07. The SMILES string of the molecule is CCCCCNNc1ccc(SNC(N)=O)cc1. The lowest BCUT2D eigenvalue weighted by atomic mass is 10.2. The lowest BCUT2D eigenvalue weighted by Crippen LogP contribution is -2.23. The van der Waals surface area contributed by atoms with Crippen LogP contribution in [0.3, 0.4) is 0 Å². The van der Waals surface area contributed by atoms with Crippen LogP contribution < -0.4 is 21.3 Å². The number of benzene rings is 1. The van der Waals surface area contributed by atoms with Gasteiger partial charge in [0.15, 0.2) is 0 Å². The summed E-state index contributed by atoms with van der Waals surface area (Å²) in [5.41, 5.74) is 12.3. The van der Waals surface area contributed by atoms with Crippen molar-refractivity contribution in [3.63, 3.8) is 0 Å². The van der Waals surface area contributed by atoms with Gasteiger partial charge < -0.3 is 11.2 Å². The summed E-state index contributed by atoms with van der Waals surface area (Å²) >= 11 is 1.20. The molecule has 100 valence electrons. The topological polar surface area (TPSA) is 79.2 Å². The molecule has 0 fully saturated rings. The van der Waals surface area contributed by atoms with Gasteiger partial charge in [-0.1, -0.05) is 19.8 Å². The molecule has 5 nitrogen and oxygen atoms in total. The molecule has 1 aromatic rings. The molecule has 0 atom stereocenters. The first-order chi connectivity index (χ1) is 8.72. The van der Waals surface area contributed by atoms with Crippen LogP contribution in [0.2, 0.25) is 0 Å². The molecular weight excluding hydrogens is 248 g/mol. The number of primary amides is 1. The normalized spacial score (nSPS) is 10.1. The van der Waals surface area contributed by atoms with Gasteiger partial charge in [0.1, 0.15) is 0 Å². The molecular formula is C12H20N4OS. The minimum atomic E-state index is -0.542. The van der Waals surface area contributed by atoms with Crippen molar-refractivity contribution in [1.82, 2.24) is 10.1 Å². The average molecular weight is 268 g/mol. The minimum absolute atomic E-state index is 0.542. The molecule has 0 bridgehead atoms. The van der Waals surface area contributed by atoms with Gasteiger partial charge in [0, 0.05) is 17.1 Å². The smallest absolute Gasteiger partial charge is 0.322 e. The Balaban J connectivity index is 2.25. The molecule has 0 aromatic heterocycles. The number of hydrogen-bond donors (Lipinski definition) is 4. The summed E-state index contributed by atoms with van der Waals surface area (Å²) in [6.07, 6.45) is 3.63. The highest BCUT2D eigenvalue weighted by atomic mass is 32.2. The molecule has 0 saturated heterocycles. The van der Waals surface area contributed by atoms with Crippen LogP contribution in [0.15, 0.2) is 29.2 Å². The Hall–Kier alpha value is -1.40. The molecule has 2 amide bonds. The fraction of sp³-hybridized carbons (Fsp3) is 0.417. The number of unbranched alkanes of at least 4 members (excludes halogenated alkanes) is 2. The Morgan fingerprint density at radius 2 is 2.00 bits per heavy atom. The van der Waals surface area contributed by atoms with Crippen molar-refractivity contribution in [1.29, 1.82) is 0 Å². The maximum absolute atomic E-state index is 10.5. The third-order valence-electron chi connectivity index (χ3n) is 2.26. The summed E-state index contributed by atoms with van der Waals surface area (Å²) in [5.74, 6) is 0. The van der Waals surface area contributed by atoms with Crippen LogP contribution in [0.5, 0.6) is 0 Å². The van der Waals surface area contributed by atoms with E-state index in [1.54, 1.807) is 0 Å². The minimum Gasteiger partial charge on any atom is -0.351 e. The Bertz CT molecular complexity index is 356. The maximum atomic E-state index is 10.5. The molecule has 0 aliphatic carbocycles. The van der Waals surface area contributed by atoms with Crippen molar-refractivity contribution < 1.29 is 4.79 Å². The van der Waals surface area contributed by atoms with Crippen molar-refractivity contribution in [3.05, 3.63) is 24.3 Å². The van der Waals surface area contributed by atoms with Crippen LogP contribution in [-0.4, -0.2) is 12.6 Å². The lowest BCUT2D eigenvalue weighted by Gasteiger charge is -2.08. The second-order valence-corrected chi connectivity index (χ2v) is 4.73. The summed E-state index contributed by atoms with van der Waals surface area (Å²) in [5, 5.41) is 0. The zero-order valence-corrected chi connectivity index (χ0v) is 11.3. The predicted molar refractivity (Wildman–Crippen MR) is 76.2 cm³/mol. The van der Waals surface area contributed by atoms with E-state index < -0.39 is 6.03 Å². The summed E-state index contributed by atoms with van der Waals surface area (Å²) < 4.78 is 2.47. The van der Waals surface area contributed by atoms with Crippen LogP contribution >= 0.6 is 11.9 Å². The highest BCUT2D eigenvalue weighted by Gasteiger charge is 1.97. The molecule has 1 rings (SSSR count). The highest BCUT2D eigenvalue weighted by Crippen LogP contribution is 2.16. The number of carbonyl (C=O) groups is 1. The maximum Gasteiger partial charge on any atom is 0.322 e. The summed E-state index contributed by atoms with van der Waals surface area (Å²) in [7, 11) is 0. The number of carbonyl (C=O) groups excluding carboxylic acids is 1. The van der Waals surface area contributed by atoms with Gasteiger partial charge in [-0.2, -0.15) is 0 Å². The van der Waals surface area contributed by atoms with E-state index in [-0.39, 0.29) is 0 Å². The fourth-order valence-electron chi connectivity index (χ4n) is 1.34. The van der Waals surface area contributed by atoms with E-state index in [0.717, 1.165) is 17.1 Å². The van der Waals surface area contributed by atoms with Crippen molar-refractivity contribution in [2.45, 2.75) is 31.1 Å². The van der Waals surface area contributed by atoms with Gasteiger partial charge in [-0.25, -0.2) is 10.2 Å². The molecule has 0 saturated carbocycles. The number of hydrazine groups is 1. The van der Waals surface area contributed by atoms with Crippen molar-refractivity contribution in [3.8, 4) is 0 Å². The van der Waals surface area contributed by atoms with Crippen molar-refractivity contribution >= 4 is 23.7 Å². The number of amides is 2. The number of hydrogen-bond acceptors (Lipinski definition) is 4. The standard InChI is InChI=1S/C12H20N4OS/c1-2-3-4-9-14-15-10-5-7-11(8-6-10)18-16-12(13)17/h5-8,14-15H,2-4,9H2,1H3,(H3,13,16,17). The number of urea groups is 1. The molecule has 0 unspecified atom stereocenters. The van der Waals surface area contributed by atoms with Crippen LogP contribution in [0, 0.1) is 0 Å². The van der Waals surface area contributed by atoms with E-state index in [2.05, 4.69) is 22.5 Å². The van der Waals surface area contributed by atoms with E-state index in [1.807, 2.05) is 24.3 Å². The summed E-state index contributed by atoms with van der Waals surface area (Å²) in [4.78, 5) is 11.5. The summed E-state index contributed by atoms with van der Waals surface area (Å²) in [6.45, 7) is 3.14. The van der Waals surface area contributed by atoms with E-state index >= 15 is 0 Å². The van der Waals surface area contributed by atoms with Gasteiger partial charge in [0.2, 0.25) is 0 Å².